The van der Waals surface area contributed by atoms with E-state index in [1.165, 1.54) is 26.7 Å². The van der Waals surface area contributed by atoms with Gasteiger partial charge in [0.25, 0.3) is 0 Å². The highest BCUT2D eigenvalue weighted by atomic mass is 16.6. The third kappa shape index (κ3) is 3.65. The molecule has 2 unspecified atom stereocenters. The number of carbonyl (C=O) groups is 3. The zero-order valence-electron chi connectivity index (χ0n) is 23.2. The molecule has 1 spiro atoms. The van der Waals surface area contributed by atoms with E-state index in [2.05, 4.69) is 20.8 Å². The first-order chi connectivity index (χ1) is 17.4. The van der Waals surface area contributed by atoms with Crippen molar-refractivity contribution in [3.8, 4) is 0 Å². The van der Waals surface area contributed by atoms with Gasteiger partial charge in [0.05, 0.1) is 19.1 Å². The van der Waals surface area contributed by atoms with E-state index < -0.39 is 11.7 Å². The Bertz CT molecular complexity index is 994. The molecule has 3 saturated heterocycles. The quantitative estimate of drug-likeness (QED) is 0.386. The van der Waals surface area contributed by atoms with Crippen LogP contribution >= 0.6 is 0 Å². The van der Waals surface area contributed by atoms with Crippen molar-refractivity contribution in [1.82, 2.24) is 0 Å². The van der Waals surface area contributed by atoms with Crippen LogP contribution in [-0.2, 0) is 33.3 Å². The summed E-state index contributed by atoms with van der Waals surface area (Å²) < 4.78 is 24.1. The number of rotatable bonds is 3. The lowest BCUT2D eigenvalue weighted by Crippen LogP contribution is -2.61. The summed E-state index contributed by atoms with van der Waals surface area (Å²) in [6, 6.07) is 0. The van der Waals surface area contributed by atoms with Crippen LogP contribution in [0.1, 0.15) is 98.8 Å². The molecule has 6 fully saturated rings. The SMILES string of the molecule is CC(=O)OC[C@@]1(C)CCC[C@@]2(C)C1CC[C@]1(C)C2CC[C@@H]2[C@@H]3C[C@H]4OC(=O)C[C@]4(O3)[C@H](OC(C)=O)C[C@H]21. The molecule has 0 radical (unpaired) electrons. The fourth-order valence-electron chi connectivity index (χ4n) is 11.0. The molecule has 3 aliphatic heterocycles. The van der Waals surface area contributed by atoms with Crippen molar-refractivity contribution < 1.29 is 33.3 Å². The van der Waals surface area contributed by atoms with Crippen molar-refractivity contribution in [1.29, 1.82) is 0 Å². The molecule has 0 aromatic rings. The Morgan fingerprint density at radius 1 is 0.946 bits per heavy atom. The third-order valence-corrected chi connectivity index (χ3v) is 12.3. The van der Waals surface area contributed by atoms with Crippen molar-refractivity contribution in [3.63, 3.8) is 0 Å². The Balaban J connectivity index is 1.34. The maximum atomic E-state index is 12.4. The number of esters is 3. The van der Waals surface area contributed by atoms with E-state index in [9.17, 15) is 14.4 Å². The molecule has 7 heteroatoms. The Morgan fingerprint density at radius 3 is 2.46 bits per heavy atom. The summed E-state index contributed by atoms with van der Waals surface area (Å²) in [4.78, 5) is 36.4. The fourth-order valence-corrected chi connectivity index (χ4v) is 11.0. The Kier molecular flexibility index (Phi) is 5.84. The van der Waals surface area contributed by atoms with Gasteiger partial charge in [0.2, 0.25) is 0 Å². The monoisotopic (exact) mass is 516 g/mol. The van der Waals surface area contributed by atoms with E-state index >= 15 is 0 Å². The molecule has 3 saturated carbocycles. The lowest BCUT2D eigenvalue weighted by Gasteiger charge is -2.67. The van der Waals surface area contributed by atoms with Gasteiger partial charge >= 0.3 is 17.9 Å². The van der Waals surface area contributed by atoms with Gasteiger partial charge in [-0.25, -0.2) is 0 Å². The van der Waals surface area contributed by atoms with Crippen LogP contribution in [0.25, 0.3) is 0 Å². The predicted molar refractivity (Wildman–Crippen MR) is 134 cm³/mol. The molecule has 37 heavy (non-hydrogen) atoms. The minimum atomic E-state index is -0.828. The van der Waals surface area contributed by atoms with E-state index in [4.69, 9.17) is 18.9 Å². The summed E-state index contributed by atoms with van der Waals surface area (Å²) in [5.74, 6) is 1.10. The smallest absolute Gasteiger partial charge is 0.309 e. The minimum Gasteiger partial charge on any atom is -0.465 e. The lowest BCUT2D eigenvalue weighted by molar-refractivity contribution is -0.197. The standard InChI is InChI=1S/C30H44O7/c1-17(31)34-16-27(3)10-6-11-29(5)22(27)9-12-28(4)20-13-24(35-18(2)32)30-15-26(33)36-25(30)14-21(37-30)19(20)7-8-23(28)29/h19-25H,6-16H2,1-5H3/t19-,20+,21-,22?,23?,24+,25+,27+,28-,29-,30-/m0/s1. The van der Waals surface area contributed by atoms with Crippen LogP contribution in [0.15, 0.2) is 0 Å². The molecule has 6 aliphatic rings. The number of carbonyl (C=O) groups excluding carboxylic acids is 3. The van der Waals surface area contributed by atoms with Crippen LogP contribution < -0.4 is 0 Å². The van der Waals surface area contributed by atoms with Gasteiger partial charge in [0.1, 0.15) is 12.2 Å². The van der Waals surface area contributed by atoms with E-state index in [1.54, 1.807) is 0 Å². The molecule has 2 bridgehead atoms. The van der Waals surface area contributed by atoms with Crippen molar-refractivity contribution in [2.75, 3.05) is 6.61 Å². The first kappa shape index (κ1) is 25.6. The highest BCUT2D eigenvalue weighted by Crippen LogP contribution is 2.71. The molecule has 11 atom stereocenters. The zero-order valence-corrected chi connectivity index (χ0v) is 23.2. The average molecular weight is 517 g/mol. The highest BCUT2D eigenvalue weighted by Gasteiger charge is 2.70. The number of ether oxygens (including phenoxy) is 4. The van der Waals surface area contributed by atoms with Gasteiger partial charge < -0.3 is 18.9 Å². The largest absolute Gasteiger partial charge is 0.465 e. The maximum Gasteiger partial charge on any atom is 0.309 e. The minimum absolute atomic E-state index is 0.0104. The highest BCUT2D eigenvalue weighted by molar-refractivity contribution is 5.75. The Morgan fingerprint density at radius 2 is 1.73 bits per heavy atom. The van der Waals surface area contributed by atoms with Crippen LogP contribution in [0.5, 0.6) is 0 Å². The molecule has 0 amide bonds. The first-order valence-corrected chi connectivity index (χ1v) is 14.6. The number of fused-ring (bicyclic) bond motifs is 7. The van der Waals surface area contributed by atoms with Crippen molar-refractivity contribution in [2.24, 2.45) is 39.9 Å². The topological polar surface area (TPSA) is 88.1 Å². The second kappa shape index (κ2) is 8.43. The van der Waals surface area contributed by atoms with Crippen LogP contribution in [0.2, 0.25) is 0 Å². The molecule has 206 valence electrons. The summed E-state index contributed by atoms with van der Waals surface area (Å²) >= 11 is 0. The third-order valence-electron chi connectivity index (χ3n) is 12.3. The van der Waals surface area contributed by atoms with Gasteiger partial charge in [-0.15, -0.1) is 0 Å². The molecular weight excluding hydrogens is 472 g/mol. The second-order valence-corrected chi connectivity index (χ2v) is 14.1. The molecule has 0 aromatic heterocycles. The van der Waals surface area contributed by atoms with Gasteiger partial charge in [-0.1, -0.05) is 27.2 Å². The summed E-state index contributed by atoms with van der Waals surface area (Å²) in [5, 5.41) is 0. The van der Waals surface area contributed by atoms with Crippen molar-refractivity contribution in [2.45, 2.75) is 123 Å². The lowest BCUT2D eigenvalue weighted by atomic mass is 9.38. The molecule has 7 nitrogen and oxygen atoms in total. The zero-order chi connectivity index (χ0) is 26.4. The van der Waals surface area contributed by atoms with Gasteiger partial charge in [-0.3, -0.25) is 14.4 Å². The van der Waals surface area contributed by atoms with Crippen molar-refractivity contribution in [3.05, 3.63) is 0 Å². The average Bonchev–Trinajstić information content (AvgIpc) is 3.26. The Labute approximate surface area is 220 Å². The number of hydrogen-bond acceptors (Lipinski definition) is 7. The first-order valence-electron chi connectivity index (χ1n) is 14.6. The molecule has 3 aliphatic carbocycles. The van der Waals surface area contributed by atoms with Crippen LogP contribution in [0.3, 0.4) is 0 Å². The molecule has 0 N–H and O–H groups in total. The fraction of sp³-hybridized carbons (Fsp3) is 0.900. The Hall–Kier alpha value is -1.63. The number of hydrogen-bond donors (Lipinski definition) is 0. The van der Waals surface area contributed by atoms with E-state index in [1.807, 2.05) is 0 Å². The molecule has 0 aromatic carbocycles. The van der Waals surface area contributed by atoms with E-state index in [0.717, 1.165) is 38.5 Å². The molecule has 6 rings (SSSR count). The summed E-state index contributed by atoms with van der Waals surface area (Å²) in [6.07, 6.45) is 8.93. The molecule has 3 heterocycles. The van der Waals surface area contributed by atoms with Gasteiger partial charge in [0.15, 0.2) is 5.60 Å². The van der Waals surface area contributed by atoms with Crippen LogP contribution in [-0.4, -0.2) is 48.4 Å². The maximum absolute atomic E-state index is 12.4. The van der Waals surface area contributed by atoms with Gasteiger partial charge in [-0.05, 0) is 79.4 Å². The summed E-state index contributed by atoms with van der Waals surface area (Å²) in [7, 11) is 0. The summed E-state index contributed by atoms with van der Waals surface area (Å²) in [5.41, 5.74) is -0.529. The van der Waals surface area contributed by atoms with E-state index in [-0.39, 0.29) is 52.8 Å². The van der Waals surface area contributed by atoms with E-state index in [0.29, 0.717) is 36.7 Å². The van der Waals surface area contributed by atoms with Gasteiger partial charge in [-0.2, -0.15) is 0 Å². The normalized spacial score (nSPS) is 52.0. The van der Waals surface area contributed by atoms with Crippen molar-refractivity contribution >= 4 is 17.9 Å². The molecular formula is C30H44O7. The second-order valence-electron chi connectivity index (χ2n) is 14.1. The summed E-state index contributed by atoms with van der Waals surface area (Å²) in [6.45, 7) is 10.9. The van der Waals surface area contributed by atoms with Crippen LogP contribution in [0.4, 0.5) is 0 Å². The predicted octanol–water partition coefficient (Wildman–Crippen LogP) is 4.98. The van der Waals surface area contributed by atoms with Crippen LogP contribution in [0, 0.1) is 39.9 Å². The van der Waals surface area contributed by atoms with Gasteiger partial charge in [0, 0.05) is 25.7 Å².